The lowest BCUT2D eigenvalue weighted by molar-refractivity contribution is 0.0323. The zero-order valence-electron chi connectivity index (χ0n) is 20.1. The number of methoxy groups -OCH3 is 1. The second-order valence-electron chi connectivity index (χ2n) is 8.12. The number of hydrogen-bond donors (Lipinski definition) is 2. The predicted octanol–water partition coefficient (Wildman–Crippen LogP) is 3.69. The monoisotopic (exact) mass is 573 g/mol. The van der Waals surface area contributed by atoms with Crippen LogP contribution >= 0.6 is 23.2 Å². The topological polar surface area (TPSA) is 131 Å². The molecular formula is C23H23Cl2F2N5O4S. The minimum atomic E-state index is -4.04. The number of nitrogens with one attached hydrogen (secondary N) is 1. The zero-order chi connectivity index (χ0) is 27.7. The van der Waals surface area contributed by atoms with Crippen molar-refractivity contribution >= 4 is 39.1 Å². The molecule has 0 aliphatic rings. The highest BCUT2D eigenvalue weighted by Gasteiger charge is 2.38. The van der Waals surface area contributed by atoms with Crippen LogP contribution in [0.4, 0.5) is 8.78 Å². The molecule has 1 aromatic heterocycles. The van der Waals surface area contributed by atoms with Crippen molar-refractivity contribution in [3.63, 3.8) is 0 Å². The molecular weight excluding hydrogens is 551 g/mol. The number of halogens is 4. The molecule has 3 aromatic rings. The number of aromatic amines is 1. The fourth-order valence-electron chi connectivity index (χ4n) is 3.43. The first kappa shape index (κ1) is 28.5. The Morgan fingerprint density at radius 1 is 1.19 bits per heavy atom. The predicted molar refractivity (Wildman–Crippen MR) is 137 cm³/mol. The molecule has 198 valence electrons. The summed E-state index contributed by atoms with van der Waals surface area (Å²) >= 11 is 12.4. The van der Waals surface area contributed by atoms with E-state index in [2.05, 4.69) is 15.0 Å². The van der Waals surface area contributed by atoms with Crippen LogP contribution in [-0.2, 0) is 22.5 Å². The lowest BCUT2D eigenvalue weighted by Crippen LogP contribution is -2.34. The molecule has 0 atom stereocenters. The Labute approximate surface area is 222 Å². The van der Waals surface area contributed by atoms with Crippen LogP contribution in [0.15, 0.2) is 51.1 Å². The van der Waals surface area contributed by atoms with Gasteiger partial charge in [-0.25, -0.2) is 18.5 Å². The number of nitrogens with two attached hydrogens (primary N) is 1. The van der Waals surface area contributed by atoms with Crippen LogP contribution in [0.25, 0.3) is 0 Å². The van der Waals surface area contributed by atoms with Gasteiger partial charge in [-0.15, -0.1) is 0 Å². The number of aliphatic imine (C=N–C) groups is 1. The Balaban J connectivity index is 2.03. The minimum Gasteiger partial charge on any atom is -0.497 e. The fraction of sp³-hybridized carbons (Fsp3) is 0.261. The first-order valence-electron chi connectivity index (χ1n) is 10.5. The van der Waals surface area contributed by atoms with Crippen LogP contribution in [0.5, 0.6) is 5.75 Å². The molecule has 3 rings (SSSR count). The number of nitrogens with zero attached hydrogens (tertiary/aromatic N) is 3. The normalized spacial score (nSPS) is 12.5. The summed E-state index contributed by atoms with van der Waals surface area (Å²) in [5.41, 5.74) is -0.948. The number of H-pyrrole nitrogens is 1. The summed E-state index contributed by atoms with van der Waals surface area (Å²) < 4.78 is 58.5. The minimum absolute atomic E-state index is 0.00313. The number of primary sulfonamides is 1. The Morgan fingerprint density at radius 2 is 1.76 bits per heavy atom. The van der Waals surface area contributed by atoms with E-state index in [0.717, 1.165) is 12.1 Å². The lowest BCUT2D eigenvalue weighted by Gasteiger charge is -2.20. The number of ether oxygens (including phenoxy) is 1. The van der Waals surface area contributed by atoms with E-state index in [-0.39, 0.29) is 49.7 Å². The molecule has 0 radical (unpaired) electrons. The van der Waals surface area contributed by atoms with Crippen LogP contribution < -0.4 is 15.4 Å². The molecule has 3 N–H and O–H groups in total. The van der Waals surface area contributed by atoms with Crippen LogP contribution in [0.1, 0.15) is 28.2 Å². The number of hydrogen-bond acceptors (Lipinski definition) is 6. The van der Waals surface area contributed by atoms with E-state index in [1.54, 1.807) is 14.1 Å². The molecule has 1 heterocycles. The highest BCUT2D eigenvalue weighted by Crippen LogP contribution is 2.34. The molecule has 14 heteroatoms. The summed E-state index contributed by atoms with van der Waals surface area (Å²) in [6, 6.07) is 7.40. The average molecular weight is 574 g/mol. The molecule has 0 unspecified atom stereocenters. The maximum atomic E-state index is 15.2. The molecule has 0 fully saturated rings. The van der Waals surface area contributed by atoms with Crippen molar-refractivity contribution in [2.75, 3.05) is 21.2 Å². The summed E-state index contributed by atoms with van der Waals surface area (Å²) in [4.78, 5) is 24.8. The summed E-state index contributed by atoms with van der Waals surface area (Å²) in [6.45, 7) is 1.26. The van der Waals surface area contributed by atoms with E-state index >= 15 is 8.78 Å². The number of rotatable bonds is 7. The summed E-state index contributed by atoms with van der Waals surface area (Å²) in [5.74, 6) is -3.89. The van der Waals surface area contributed by atoms with Crippen molar-refractivity contribution in [1.29, 1.82) is 0 Å². The van der Waals surface area contributed by atoms with Crippen LogP contribution in [0, 0.1) is 6.92 Å². The quantitative estimate of drug-likeness (QED) is 0.327. The molecule has 37 heavy (non-hydrogen) atoms. The third kappa shape index (κ3) is 6.09. The maximum Gasteiger partial charge on any atom is 0.329 e. The molecule has 0 bridgehead atoms. The SMILES string of the molecule is COc1ccc(C(F)(F)c2nc(C)c(/C(=N\Cc3c(Cl)cc(S(N)(=O)=O)cc3Cl)N(C)C)c(=O)[nH]2)cc1. The van der Waals surface area contributed by atoms with Gasteiger partial charge in [0.1, 0.15) is 17.1 Å². The Bertz CT molecular complexity index is 1500. The van der Waals surface area contributed by atoms with E-state index in [0.29, 0.717) is 5.75 Å². The van der Waals surface area contributed by atoms with Crippen molar-refractivity contribution in [3.8, 4) is 5.75 Å². The maximum absolute atomic E-state index is 15.2. The van der Waals surface area contributed by atoms with E-state index in [9.17, 15) is 13.2 Å². The van der Waals surface area contributed by atoms with E-state index in [1.807, 2.05) is 0 Å². The Morgan fingerprint density at radius 3 is 2.22 bits per heavy atom. The zero-order valence-corrected chi connectivity index (χ0v) is 22.5. The highest BCUT2D eigenvalue weighted by atomic mass is 35.5. The average Bonchev–Trinajstić information content (AvgIpc) is 2.80. The van der Waals surface area contributed by atoms with Crippen molar-refractivity contribution in [2.24, 2.45) is 10.1 Å². The highest BCUT2D eigenvalue weighted by molar-refractivity contribution is 7.89. The van der Waals surface area contributed by atoms with Gasteiger partial charge in [-0.3, -0.25) is 9.79 Å². The molecule has 9 nitrogen and oxygen atoms in total. The number of aryl methyl sites for hydroxylation is 1. The van der Waals surface area contributed by atoms with Gasteiger partial charge in [-0.1, -0.05) is 23.2 Å². The second kappa shape index (κ2) is 10.7. The van der Waals surface area contributed by atoms with Crippen LogP contribution in [0.2, 0.25) is 10.0 Å². The number of amidine groups is 1. The van der Waals surface area contributed by atoms with E-state index < -0.39 is 27.3 Å². The summed E-state index contributed by atoms with van der Waals surface area (Å²) in [5, 5.41) is 5.12. The third-order valence-electron chi connectivity index (χ3n) is 5.33. The van der Waals surface area contributed by atoms with Gasteiger partial charge in [0.15, 0.2) is 5.82 Å². The van der Waals surface area contributed by atoms with Gasteiger partial charge in [-0.2, -0.15) is 8.78 Å². The van der Waals surface area contributed by atoms with Crippen LogP contribution in [-0.4, -0.2) is 50.3 Å². The second-order valence-corrected chi connectivity index (χ2v) is 10.5. The van der Waals surface area contributed by atoms with E-state index in [4.69, 9.17) is 33.1 Å². The van der Waals surface area contributed by atoms with Gasteiger partial charge in [0.2, 0.25) is 10.0 Å². The molecule has 0 saturated carbocycles. The largest absolute Gasteiger partial charge is 0.497 e. The van der Waals surface area contributed by atoms with Gasteiger partial charge < -0.3 is 14.6 Å². The number of benzene rings is 2. The smallest absolute Gasteiger partial charge is 0.329 e. The van der Waals surface area contributed by atoms with Gasteiger partial charge in [0.25, 0.3) is 5.56 Å². The molecule has 0 aliphatic heterocycles. The van der Waals surface area contributed by atoms with Crippen molar-refractivity contribution in [1.82, 2.24) is 14.9 Å². The molecule has 2 aromatic carbocycles. The lowest BCUT2D eigenvalue weighted by atomic mass is 10.1. The van der Waals surface area contributed by atoms with Gasteiger partial charge in [0.05, 0.1) is 24.2 Å². The van der Waals surface area contributed by atoms with Gasteiger partial charge in [-0.05, 0) is 43.3 Å². The van der Waals surface area contributed by atoms with Crippen molar-refractivity contribution in [3.05, 3.63) is 85.0 Å². The summed E-state index contributed by atoms with van der Waals surface area (Å²) in [6.07, 6.45) is 0. The fourth-order valence-corrected chi connectivity index (χ4v) is 4.73. The molecule has 0 saturated heterocycles. The van der Waals surface area contributed by atoms with Gasteiger partial charge >= 0.3 is 5.92 Å². The number of aromatic nitrogens is 2. The van der Waals surface area contributed by atoms with E-state index in [1.165, 1.54) is 43.2 Å². The first-order chi connectivity index (χ1) is 17.2. The molecule has 0 amide bonds. The Kier molecular flexibility index (Phi) is 8.27. The van der Waals surface area contributed by atoms with Gasteiger partial charge in [0, 0.05) is 35.3 Å². The standard InChI is InChI=1S/C23H23Cl2F2N5O4S/c1-12-19(21(33)31-22(30-12)23(26,27)13-5-7-14(36-4)8-6-13)20(32(2)3)29-11-16-17(24)9-15(10-18(16)25)37(28,34)35/h5-10H,11H2,1-4H3,(H2,28,34,35)(H,30,31,33)/b29-20+. The van der Waals surface area contributed by atoms with Crippen molar-refractivity contribution < 1.29 is 21.9 Å². The van der Waals surface area contributed by atoms with Crippen molar-refractivity contribution in [2.45, 2.75) is 24.3 Å². The molecule has 0 aliphatic carbocycles. The first-order valence-corrected chi connectivity index (χ1v) is 12.8. The third-order valence-corrected chi connectivity index (χ3v) is 6.89. The summed E-state index contributed by atoms with van der Waals surface area (Å²) in [7, 11) is 0.583. The number of alkyl halides is 2. The van der Waals surface area contributed by atoms with Crippen LogP contribution in [0.3, 0.4) is 0 Å². The molecule has 0 spiro atoms. The number of sulfonamides is 1. The Hall–Kier alpha value is -3.06.